The van der Waals surface area contributed by atoms with Gasteiger partial charge in [0.15, 0.2) is 0 Å². The van der Waals surface area contributed by atoms with Crippen LogP contribution in [0.15, 0.2) is 48.5 Å². The van der Waals surface area contributed by atoms with Gasteiger partial charge in [0, 0.05) is 43.8 Å². The number of ether oxygens (including phenoxy) is 1. The lowest BCUT2D eigenvalue weighted by molar-refractivity contribution is -0.121. The summed E-state index contributed by atoms with van der Waals surface area (Å²) in [5, 5.41) is 3.62. The molecule has 1 heterocycles. The summed E-state index contributed by atoms with van der Waals surface area (Å²) < 4.78 is 5.36. The average Bonchev–Trinajstić information content (AvgIpc) is 2.76. The van der Waals surface area contributed by atoms with Crippen molar-refractivity contribution >= 4 is 29.3 Å². The Hall–Kier alpha value is -2.34. The SMILES string of the molecule is COc1cc(Cl)c(C)cc1NC(=O)[C@@H](C)N1CCN(C/C=C/c2ccccc2)CC1. The first kappa shape index (κ1) is 22.3. The number of benzene rings is 2. The van der Waals surface area contributed by atoms with E-state index in [4.69, 9.17) is 16.3 Å². The van der Waals surface area contributed by atoms with Crippen molar-refractivity contribution in [2.45, 2.75) is 19.9 Å². The van der Waals surface area contributed by atoms with Crippen LogP contribution in [0.25, 0.3) is 6.08 Å². The maximum absolute atomic E-state index is 12.8. The second kappa shape index (κ2) is 10.6. The van der Waals surface area contributed by atoms with E-state index in [2.05, 4.69) is 39.4 Å². The van der Waals surface area contributed by atoms with E-state index in [0.717, 1.165) is 38.3 Å². The number of aryl methyl sites for hydroxylation is 1. The zero-order valence-corrected chi connectivity index (χ0v) is 18.7. The molecule has 1 saturated heterocycles. The first-order valence-electron chi connectivity index (χ1n) is 10.3. The molecule has 1 atom stereocenters. The van der Waals surface area contributed by atoms with Crippen LogP contribution < -0.4 is 10.1 Å². The number of halogens is 1. The molecule has 1 aliphatic heterocycles. The fourth-order valence-corrected chi connectivity index (χ4v) is 3.72. The van der Waals surface area contributed by atoms with Crippen LogP contribution >= 0.6 is 11.6 Å². The number of anilines is 1. The topological polar surface area (TPSA) is 44.8 Å². The van der Waals surface area contributed by atoms with E-state index < -0.39 is 0 Å². The number of hydrogen-bond donors (Lipinski definition) is 1. The van der Waals surface area contributed by atoms with E-state index in [9.17, 15) is 4.79 Å². The zero-order chi connectivity index (χ0) is 21.5. The molecule has 1 aliphatic rings. The van der Waals surface area contributed by atoms with Crippen LogP contribution in [0, 0.1) is 6.92 Å². The van der Waals surface area contributed by atoms with Crippen molar-refractivity contribution in [1.82, 2.24) is 9.80 Å². The van der Waals surface area contributed by atoms with E-state index in [1.54, 1.807) is 13.2 Å². The van der Waals surface area contributed by atoms with Gasteiger partial charge in [-0.1, -0.05) is 54.1 Å². The monoisotopic (exact) mass is 427 g/mol. The minimum atomic E-state index is -0.215. The molecule has 0 aromatic heterocycles. The normalized spacial score (nSPS) is 16.5. The maximum Gasteiger partial charge on any atom is 0.241 e. The third kappa shape index (κ3) is 5.85. The fraction of sp³-hybridized carbons (Fsp3) is 0.375. The number of rotatable bonds is 7. The Kier molecular flexibility index (Phi) is 7.91. The average molecular weight is 428 g/mol. The summed E-state index contributed by atoms with van der Waals surface area (Å²) in [5.74, 6) is 0.536. The van der Waals surface area contributed by atoms with E-state index in [0.29, 0.717) is 16.5 Å². The van der Waals surface area contributed by atoms with Crippen molar-refractivity contribution < 1.29 is 9.53 Å². The summed E-state index contributed by atoms with van der Waals surface area (Å²) in [6, 6.07) is 13.7. The fourth-order valence-electron chi connectivity index (χ4n) is 3.57. The molecule has 30 heavy (non-hydrogen) atoms. The number of nitrogens with zero attached hydrogens (tertiary/aromatic N) is 2. The minimum absolute atomic E-state index is 0.0348. The molecule has 3 rings (SSSR count). The van der Waals surface area contributed by atoms with E-state index >= 15 is 0 Å². The van der Waals surface area contributed by atoms with Crippen molar-refractivity contribution in [2.75, 3.05) is 45.2 Å². The summed E-state index contributed by atoms with van der Waals surface area (Å²) in [6.45, 7) is 8.40. The Morgan fingerprint density at radius 2 is 1.90 bits per heavy atom. The molecule has 1 amide bonds. The molecule has 6 heteroatoms. The van der Waals surface area contributed by atoms with Gasteiger partial charge < -0.3 is 10.1 Å². The van der Waals surface area contributed by atoms with Gasteiger partial charge in [-0.05, 0) is 31.0 Å². The third-order valence-electron chi connectivity index (χ3n) is 5.55. The van der Waals surface area contributed by atoms with E-state index in [1.807, 2.05) is 38.1 Å². The van der Waals surface area contributed by atoms with Gasteiger partial charge in [-0.3, -0.25) is 14.6 Å². The van der Waals surface area contributed by atoms with Gasteiger partial charge in [0.25, 0.3) is 0 Å². The largest absolute Gasteiger partial charge is 0.495 e. The number of piperazine rings is 1. The van der Waals surface area contributed by atoms with Crippen molar-refractivity contribution in [3.63, 3.8) is 0 Å². The van der Waals surface area contributed by atoms with E-state index in [1.165, 1.54) is 5.56 Å². The van der Waals surface area contributed by atoms with Crippen LogP contribution in [-0.4, -0.2) is 61.6 Å². The quantitative estimate of drug-likeness (QED) is 0.714. The maximum atomic E-state index is 12.8. The molecule has 0 saturated carbocycles. The third-order valence-corrected chi connectivity index (χ3v) is 5.95. The first-order valence-corrected chi connectivity index (χ1v) is 10.7. The zero-order valence-electron chi connectivity index (χ0n) is 17.9. The number of carbonyl (C=O) groups excluding carboxylic acids is 1. The molecule has 0 radical (unpaired) electrons. The van der Waals surface area contributed by atoms with Crippen LogP contribution in [0.4, 0.5) is 5.69 Å². The van der Waals surface area contributed by atoms with Crippen LogP contribution in [-0.2, 0) is 4.79 Å². The summed E-state index contributed by atoms with van der Waals surface area (Å²) in [6.07, 6.45) is 4.36. The molecule has 5 nitrogen and oxygen atoms in total. The molecule has 0 bridgehead atoms. The second-order valence-electron chi connectivity index (χ2n) is 7.62. The number of carbonyl (C=O) groups is 1. The summed E-state index contributed by atoms with van der Waals surface area (Å²) >= 11 is 6.16. The molecule has 2 aromatic rings. The number of amides is 1. The van der Waals surface area contributed by atoms with Gasteiger partial charge in [0.1, 0.15) is 5.75 Å². The highest BCUT2D eigenvalue weighted by Gasteiger charge is 2.26. The molecular weight excluding hydrogens is 398 g/mol. The predicted molar refractivity (Wildman–Crippen MR) is 124 cm³/mol. The highest BCUT2D eigenvalue weighted by atomic mass is 35.5. The molecule has 1 fully saturated rings. The van der Waals surface area contributed by atoms with Crippen LogP contribution in [0.5, 0.6) is 5.75 Å². The summed E-state index contributed by atoms with van der Waals surface area (Å²) in [7, 11) is 1.57. The Bertz CT molecular complexity index is 878. The predicted octanol–water partition coefficient (Wildman–Crippen LogP) is 4.32. The molecule has 2 aromatic carbocycles. The van der Waals surface area contributed by atoms with Gasteiger partial charge in [-0.15, -0.1) is 0 Å². The second-order valence-corrected chi connectivity index (χ2v) is 8.02. The number of methoxy groups -OCH3 is 1. The van der Waals surface area contributed by atoms with Crippen LogP contribution in [0.1, 0.15) is 18.1 Å². The van der Waals surface area contributed by atoms with Gasteiger partial charge in [-0.25, -0.2) is 0 Å². The van der Waals surface area contributed by atoms with Gasteiger partial charge >= 0.3 is 0 Å². The summed E-state index contributed by atoms with van der Waals surface area (Å²) in [4.78, 5) is 17.5. The Balaban J connectivity index is 1.50. The van der Waals surface area contributed by atoms with Crippen molar-refractivity contribution in [3.05, 3.63) is 64.7 Å². The molecular formula is C24H30ClN3O2. The van der Waals surface area contributed by atoms with Crippen molar-refractivity contribution in [2.24, 2.45) is 0 Å². The van der Waals surface area contributed by atoms with Crippen LogP contribution in [0.2, 0.25) is 5.02 Å². The Labute approximate surface area is 184 Å². The Morgan fingerprint density at radius 3 is 2.57 bits per heavy atom. The van der Waals surface area contributed by atoms with Gasteiger partial charge in [-0.2, -0.15) is 0 Å². The van der Waals surface area contributed by atoms with Gasteiger partial charge in [0.05, 0.1) is 18.8 Å². The summed E-state index contributed by atoms with van der Waals surface area (Å²) in [5.41, 5.74) is 2.77. The van der Waals surface area contributed by atoms with Gasteiger partial charge in [0.2, 0.25) is 5.91 Å². The first-order chi connectivity index (χ1) is 14.5. The van der Waals surface area contributed by atoms with Crippen molar-refractivity contribution in [1.29, 1.82) is 0 Å². The highest BCUT2D eigenvalue weighted by Crippen LogP contribution is 2.31. The molecule has 1 N–H and O–H groups in total. The highest BCUT2D eigenvalue weighted by molar-refractivity contribution is 6.31. The Morgan fingerprint density at radius 1 is 1.20 bits per heavy atom. The van der Waals surface area contributed by atoms with E-state index in [-0.39, 0.29) is 11.9 Å². The van der Waals surface area contributed by atoms with Crippen LogP contribution in [0.3, 0.4) is 0 Å². The lowest BCUT2D eigenvalue weighted by Crippen LogP contribution is -2.52. The molecule has 0 spiro atoms. The molecule has 160 valence electrons. The minimum Gasteiger partial charge on any atom is -0.495 e. The lowest BCUT2D eigenvalue weighted by Gasteiger charge is -2.37. The lowest BCUT2D eigenvalue weighted by atomic mass is 10.1. The molecule has 0 unspecified atom stereocenters. The number of hydrogen-bond acceptors (Lipinski definition) is 4. The standard InChI is InChI=1S/C24H30ClN3O2/c1-18-16-22(23(30-3)17-21(18)25)26-24(29)19(2)28-14-12-27(13-15-28)11-7-10-20-8-5-4-6-9-20/h4-10,16-17,19H,11-15H2,1-3H3,(H,26,29)/b10-7+/t19-/m1/s1. The smallest absolute Gasteiger partial charge is 0.241 e. The molecule has 0 aliphatic carbocycles. The number of nitrogens with one attached hydrogen (secondary N) is 1. The van der Waals surface area contributed by atoms with Crippen molar-refractivity contribution in [3.8, 4) is 5.75 Å².